The second-order valence-electron chi connectivity index (χ2n) is 7.12. The van der Waals surface area contributed by atoms with Gasteiger partial charge in [0.25, 0.3) is 11.8 Å². The standard InChI is InChI=1S/C25H20ClNO2S/c1-17-7-9-19(10-8-17)22-23(30-21-13-11-20(26)12-14-21)25(29)27(24(22)28)16-15-18-5-3-2-4-6-18/h2-14H,15-16H2,1H3. The Morgan fingerprint density at radius 3 is 2.17 bits per heavy atom. The maximum absolute atomic E-state index is 13.3. The van der Waals surface area contributed by atoms with Crippen molar-refractivity contribution in [2.45, 2.75) is 18.2 Å². The number of aryl methyl sites for hydroxylation is 1. The van der Waals surface area contributed by atoms with Crippen molar-refractivity contribution in [2.24, 2.45) is 0 Å². The van der Waals surface area contributed by atoms with Gasteiger partial charge in [-0.3, -0.25) is 14.5 Å². The number of halogens is 1. The Morgan fingerprint density at radius 2 is 1.50 bits per heavy atom. The van der Waals surface area contributed by atoms with E-state index in [1.807, 2.05) is 73.7 Å². The number of rotatable bonds is 6. The summed E-state index contributed by atoms with van der Waals surface area (Å²) in [5.74, 6) is -0.484. The molecule has 1 heterocycles. The van der Waals surface area contributed by atoms with Gasteiger partial charge in [-0.1, -0.05) is 83.5 Å². The highest BCUT2D eigenvalue weighted by atomic mass is 35.5. The molecule has 0 radical (unpaired) electrons. The zero-order valence-corrected chi connectivity index (χ0v) is 18.0. The predicted molar refractivity (Wildman–Crippen MR) is 122 cm³/mol. The van der Waals surface area contributed by atoms with Gasteiger partial charge in [0, 0.05) is 16.5 Å². The van der Waals surface area contributed by atoms with Crippen molar-refractivity contribution in [1.82, 2.24) is 4.90 Å². The molecule has 0 aromatic heterocycles. The van der Waals surface area contributed by atoms with Crippen LogP contribution in [0.4, 0.5) is 0 Å². The van der Waals surface area contributed by atoms with Crippen LogP contribution in [-0.4, -0.2) is 23.3 Å². The fourth-order valence-electron chi connectivity index (χ4n) is 3.33. The molecular weight excluding hydrogens is 414 g/mol. The van der Waals surface area contributed by atoms with Crippen molar-refractivity contribution < 1.29 is 9.59 Å². The molecule has 30 heavy (non-hydrogen) atoms. The average Bonchev–Trinajstić information content (AvgIpc) is 2.99. The zero-order chi connectivity index (χ0) is 21.1. The lowest BCUT2D eigenvalue weighted by molar-refractivity contribution is -0.136. The van der Waals surface area contributed by atoms with Crippen LogP contribution in [0.15, 0.2) is 88.7 Å². The van der Waals surface area contributed by atoms with E-state index in [9.17, 15) is 9.59 Å². The molecule has 150 valence electrons. The van der Waals surface area contributed by atoms with Gasteiger partial charge in [0.2, 0.25) is 0 Å². The van der Waals surface area contributed by atoms with Gasteiger partial charge in [0.1, 0.15) is 0 Å². The summed E-state index contributed by atoms with van der Waals surface area (Å²) in [5, 5.41) is 0.630. The first-order valence-electron chi connectivity index (χ1n) is 9.68. The lowest BCUT2D eigenvalue weighted by Gasteiger charge is -2.15. The molecule has 3 aromatic rings. The van der Waals surface area contributed by atoms with Crippen molar-refractivity contribution in [2.75, 3.05) is 6.54 Å². The normalized spacial score (nSPS) is 14.0. The van der Waals surface area contributed by atoms with E-state index < -0.39 is 0 Å². The highest BCUT2D eigenvalue weighted by Crippen LogP contribution is 2.40. The maximum atomic E-state index is 13.3. The van der Waals surface area contributed by atoms with Crippen LogP contribution < -0.4 is 0 Å². The van der Waals surface area contributed by atoms with Gasteiger partial charge in [-0.25, -0.2) is 0 Å². The average molecular weight is 434 g/mol. The van der Waals surface area contributed by atoms with E-state index in [1.54, 1.807) is 12.1 Å². The topological polar surface area (TPSA) is 37.4 Å². The summed E-state index contributed by atoms with van der Waals surface area (Å²) < 4.78 is 0. The number of amides is 2. The summed E-state index contributed by atoms with van der Waals surface area (Å²) in [5.41, 5.74) is 3.42. The lowest BCUT2D eigenvalue weighted by atomic mass is 10.0. The number of carbonyl (C=O) groups is 2. The highest BCUT2D eigenvalue weighted by molar-refractivity contribution is 8.04. The van der Waals surface area contributed by atoms with Crippen LogP contribution >= 0.6 is 23.4 Å². The van der Waals surface area contributed by atoms with Gasteiger partial charge in [-0.2, -0.15) is 0 Å². The van der Waals surface area contributed by atoms with E-state index in [1.165, 1.54) is 16.7 Å². The minimum absolute atomic E-state index is 0.240. The fraction of sp³-hybridized carbons (Fsp3) is 0.120. The molecule has 0 fully saturated rings. The lowest BCUT2D eigenvalue weighted by Crippen LogP contribution is -2.33. The van der Waals surface area contributed by atoms with Crippen molar-refractivity contribution in [3.63, 3.8) is 0 Å². The van der Waals surface area contributed by atoms with Crippen molar-refractivity contribution in [3.05, 3.63) is 105 Å². The molecule has 1 aliphatic heterocycles. The Morgan fingerprint density at radius 1 is 0.833 bits per heavy atom. The van der Waals surface area contributed by atoms with E-state index in [4.69, 9.17) is 11.6 Å². The van der Waals surface area contributed by atoms with Crippen LogP contribution in [0, 0.1) is 6.92 Å². The first kappa shape index (κ1) is 20.5. The second-order valence-corrected chi connectivity index (χ2v) is 8.64. The maximum Gasteiger partial charge on any atom is 0.268 e. The molecule has 0 N–H and O–H groups in total. The van der Waals surface area contributed by atoms with Gasteiger partial charge < -0.3 is 0 Å². The third kappa shape index (κ3) is 4.35. The van der Waals surface area contributed by atoms with Crippen LogP contribution in [0.25, 0.3) is 5.57 Å². The van der Waals surface area contributed by atoms with Gasteiger partial charge in [0.05, 0.1) is 10.5 Å². The molecular formula is C25H20ClNO2S. The molecule has 0 saturated carbocycles. The van der Waals surface area contributed by atoms with E-state index in [0.717, 1.165) is 21.6 Å². The molecule has 0 saturated heterocycles. The predicted octanol–water partition coefficient (Wildman–Crippen LogP) is 5.76. The monoisotopic (exact) mass is 433 g/mol. The molecule has 2 amide bonds. The quantitative estimate of drug-likeness (QED) is 0.463. The molecule has 5 heteroatoms. The Balaban J connectivity index is 1.66. The van der Waals surface area contributed by atoms with E-state index in [2.05, 4.69) is 0 Å². The minimum atomic E-state index is -0.244. The number of hydrogen-bond donors (Lipinski definition) is 0. The van der Waals surface area contributed by atoms with E-state index >= 15 is 0 Å². The first-order chi connectivity index (χ1) is 14.5. The molecule has 0 bridgehead atoms. The van der Waals surface area contributed by atoms with E-state index in [-0.39, 0.29) is 11.8 Å². The van der Waals surface area contributed by atoms with Crippen LogP contribution in [-0.2, 0) is 16.0 Å². The smallest absolute Gasteiger partial charge is 0.268 e. The summed E-state index contributed by atoms with van der Waals surface area (Å²) in [6.45, 7) is 2.34. The molecule has 4 rings (SSSR count). The molecule has 0 atom stereocenters. The highest BCUT2D eigenvalue weighted by Gasteiger charge is 2.39. The number of benzene rings is 3. The fourth-order valence-corrected chi connectivity index (χ4v) is 4.47. The molecule has 0 unspecified atom stereocenters. The largest absolute Gasteiger partial charge is 0.274 e. The number of nitrogens with zero attached hydrogens (tertiary/aromatic N) is 1. The molecule has 1 aliphatic rings. The van der Waals surface area contributed by atoms with Crippen LogP contribution in [0.5, 0.6) is 0 Å². The molecule has 0 aliphatic carbocycles. The molecule has 0 spiro atoms. The summed E-state index contributed by atoms with van der Waals surface area (Å²) in [6.07, 6.45) is 0.623. The minimum Gasteiger partial charge on any atom is -0.274 e. The Bertz CT molecular complexity index is 1110. The number of thioether (sulfide) groups is 1. The molecule has 3 nitrogen and oxygen atoms in total. The summed E-state index contributed by atoms with van der Waals surface area (Å²) >= 11 is 7.30. The van der Waals surface area contributed by atoms with Crippen molar-refractivity contribution in [1.29, 1.82) is 0 Å². The summed E-state index contributed by atoms with van der Waals surface area (Å²) in [4.78, 5) is 29.2. The Kier molecular flexibility index (Phi) is 6.07. The van der Waals surface area contributed by atoms with Crippen molar-refractivity contribution >= 4 is 40.8 Å². The first-order valence-corrected chi connectivity index (χ1v) is 10.9. The van der Waals surface area contributed by atoms with Crippen LogP contribution in [0.1, 0.15) is 16.7 Å². The van der Waals surface area contributed by atoms with Gasteiger partial charge in [-0.05, 0) is 48.7 Å². The van der Waals surface area contributed by atoms with Crippen molar-refractivity contribution in [3.8, 4) is 0 Å². The number of carbonyl (C=O) groups excluding carboxylic acids is 2. The summed E-state index contributed by atoms with van der Waals surface area (Å²) in [7, 11) is 0. The van der Waals surface area contributed by atoms with Gasteiger partial charge >= 0.3 is 0 Å². The van der Waals surface area contributed by atoms with Crippen LogP contribution in [0.3, 0.4) is 0 Å². The number of hydrogen-bond acceptors (Lipinski definition) is 3. The third-order valence-electron chi connectivity index (χ3n) is 4.97. The number of imide groups is 1. The van der Waals surface area contributed by atoms with Gasteiger partial charge in [0.15, 0.2) is 0 Å². The van der Waals surface area contributed by atoms with Gasteiger partial charge in [-0.15, -0.1) is 0 Å². The summed E-state index contributed by atoms with van der Waals surface area (Å²) in [6, 6.07) is 24.9. The van der Waals surface area contributed by atoms with E-state index in [0.29, 0.717) is 28.5 Å². The molecule has 3 aromatic carbocycles. The zero-order valence-electron chi connectivity index (χ0n) is 16.5. The SMILES string of the molecule is Cc1ccc(C2=C(Sc3ccc(Cl)cc3)C(=O)N(CCc3ccccc3)C2=O)cc1. The Labute approximate surface area is 185 Å². The van der Waals surface area contributed by atoms with Crippen LogP contribution in [0.2, 0.25) is 5.02 Å². The second kappa shape index (κ2) is 8.90. The Hall–Kier alpha value is -2.82. The third-order valence-corrected chi connectivity index (χ3v) is 6.31.